The van der Waals surface area contributed by atoms with Crippen LogP contribution in [-0.2, 0) is 0 Å². The highest BCUT2D eigenvalue weighted by Gasteiger charge is 2.02. The number of fused-ring (bicyclic) bond motifs is 3. The highest BCUT2D eigenvalue weighted by molar-refractivity contribution is 6.04. The number of pyridine rings is 1. The van der Waals surface area contributed by atoms with Gasteiger partial charge < -0.3 is 4.98 Å². The lowest BCUT2D eigenvalue weighted by Gasteiger charge is -1.96. The van der Waals surface area contributed by atoms with Crippen LogP contribution in [0.25, 0.3) is 21.8 Å². The van der Waals surface area contributed by atoms with Gasteiger partial charge in [0.25, 0.3) is 0 Å². The standard InChI is InChI=1S/C12H10N2/c1-8-6-10-9-4-2-3-5-11(9)13-7-12(10)14-8/h2-7,14H,1H3. The summed E-state index contributed by atoms with van der Waals surface area (Å²) in [6.45, 7) is 2.06. The molecule has 0 radical (unpaired) electrons. The van der Waals surface area contributed by atoms with Crippen LogP contribution in [0.2, 0.25) is 0 Å². The summed E-state index contributed by atoms with van der Waals surface area (Å²) in [5.74, 6) is 0. The molecule has 3 rings (SSSR count). The van der Waals surface area contributed by atoms with Crippen molar-refractivity contribution in [2.45, 2.75) is 6.92 Å². The number of nitrogens with zero attached hydrogens (tertiary/aromatic N) is 1. The maximum Gasteiger partial charge on any atom is 0.0709 e. The molecule has 1 N–H and O–H groups in total. The molecule has 2 heterocycles. The van der Waals surface area contributed by atoms with Crippen LogP contribution in [0.15, 0.2) is 36.5 Å². The zero-order valence-electron chi connectivity index (χ0n) is 7.91. The average Bonchev–Trinajstić information content (AvgIpc) is 2.59. The van der Waals surface area contributed by atoms with Crippen LogP contribution in [0.1, 0.15) is 5.69 Å². The summed E-state index contributed by atoms with van der Waals surface area (Å²) in [7, 11) is 0. The first-order valence-corrected chi connectivity index (χ1v) is 4.68. The minimum absolute atomic E-state index is 1.05. The maximum atomic E-state index is 4.39. The van der Waals surface area contributed by atoms with Crippen LogP contribution in [0.5, 0.6) is 0 Å². The average molecular weight is 182 g/mol. The summed E-state index contributed by atoms with van der Waals surface area (Å²) in [5.41, 5.74) is 3.35. The molecule has 0 aliphatic carbocycles. The van der Waals surface area contributed by atoms with Crippen LogP contribution < -0.4 is 0 Å². The van der Waals surface area contributed by atoms with Crippen molar-refractivity contribution in [3.05, 3.63) is 42.2 Å². The van der Waals surface area contributed by atoms with Crippen molar-refractivity contribution in [1.29, 1.82) is 0 Å². The molecule has 0 bridgehead atoms. The summed E-state index contributed by atoms with van der Waals surface area (Å²) >= 11 is 0. The Morgan fingerprint density at radius 2 is 2.00 bits per heavy atom. The summed E-state index contributed by atoms with van der Waals surface area (Å²) in [6.07, 6.45) is 1.89. The van der Waals surface area contributed by atoms with Gasteiger partial charge in [0.1, 0.15) is 0 Å². The molecule has 2 aromatic heterocycles. The molecule has 2 nitrogen and oxygen atoms in total. The molecule has 68 valence electrons. The molecule has 0 amide bonds. The first-order valence-electron chi connectivity index (χ1n) is 4.68. The van der Waals surface area contributed by atoms with Crippen LogP contribution in [-0.4, -0.2) is 9.97 Å². The summed E-state index contributed by atoms with van der Waals surface area (Å²) in [4.78, 5) is 7.68. The summed E-state index contributed by atoms with van der Waals surface area (Å²) in [6, 6.07) is 10.4. The first-order chi connectivity index (χ1) is 6.84. The third kappa shape index (κ3) is 0.940. The first kappa shape index (κ1) is 7.56. The smallest absolute Gasteiger partial charge is 0.0709 e. The number of para-hydroxylation sites is 1. The van der Waals surface area contributed by atoms with Gasteiger partial charge >= 0.3 is 0 Å². The summed E-state index contributed by atoms with van der Waals surface area (Å²) < 4.78 is 0. The summed E-state index contributed by atoms with van der Waals surface area (Å²) in [5, 5.41) is 2.47. The second-order valence-electron chi connectivity index (χ2n) is 3.56. The normalized spacial score (nSPS) is 11.2. The van der Waals surface area contributed by atoms with Gasteiger partial charge in [-0.15, -0.1) is 0 Å². The van der Waals surface area contributed by atoms with Crippen LogP contribution in [0.3, 0.4) is 0 Å². The van der Waals surface area contributed by atoms with Gasteiger partial charge in [-0.3, -0.25) is 4.98 Å². The number of aryl methyl sites for hydroxylation is 1. The van der Waals surface area contributed by atoms with E-state index in [1.807, 2.05) is 24.4 Å². The molecule has 0 unspecified atom stereocenters. The topological polar surface area (TPSA) is 28.7 Å². The van der Waals surface area contributed by atoms with Gasteiger partial charge in [-0.1, -0.05) is 18.2 Å². The molecule has 0 spiro atoms. The fourth-order valence-corrected chi connectivity index (χ4v) is 1.88. The lowest BCUT2D eigenvalue weighted by Crippen LogP contribution is -1.78. The highest BCUT2D eigenvalue weighted by Crippen LogP contribution is 2.23. The van der Waals surface area contributed by atoms with Crippen molar-refractivity contribution in [2.75, 3.05) is 0 Å². The van der Waals surface area contributed by atoms with E-state index in [1.165, 1.54) is 16.5 Å². The van der Waals surface area contributed by atoms with Crippen LogP contribution >= 0.6 is 0 Å². The Labute approximate surface area is 81.6 Å². The monoisotopic (exact) mass is 182 g/mol. The highest BCUT2D eigenvalue weighted by atomic mass is 14.8. The Morgan fingerprint density at radius 3 is 2.93 bits per heavy atom. The van der Waals surface area contributed by atoms with Crippen molar-refractivity contribution in [3.8, 4) is 0 Å². The lowest BCUT2D eigenvalue weighted by molar-refractivity contribution is 1.29. The van der Waals surface area contributed by atoms with Gasteiger partial charge in [-0.25, -0.2) is 0 Å². The lowest BCUT2D eigenvalue weighted by atomic mass is 10.1. The molecular weight excluding hydrogens is 172 g/mol. The number of H-pyrrole nitrogens is 1. The predicted octanol–water partition coefficient (Wildman–Crippen LogP) is 3.02. The largest absolute Gasteiger partial charge is 0.357 e. The molecule has 0 atom stereocenters. The molecular formula is C12H10N2. The van der Waals surface area contributed by atoms with E-state index < -0.39 is 0 Å². The van der Waals surface area contributed by atoms with Gasteiger partial charge in [0.2, 0.25) is 0 Å². The molecule has 14 heavy (non-hydrogen) atoms. The molecule has 0 saturated heterocycles. The van der Waals surface area contributed by atoms with E-state index in [4.69, 9.17) is 0 Å². The fraction of sp³-hybridized carbons (Fsp3) is 0.0833. The number of nitrogens with one attached hydrogen (secondary N) is 1. The van der Waals surface area contributed by atoms with Gasteiger partial charge in [-0.05, 0) is 19.1 Å². The van der Waals surface area contributed by atoms with Gasteiger partial charge in [-0.2, -0.15) is 0 Å². The zero-order chi connectivity index (χ0) is 9.54. The van der Waals surface area contributed by atoms with Gasteiger partial charge in [0.15, 0.2) is 0 Å². The quantitative estimate of drug-likeness (QED) is 0.568. The molecule has 3 aromatic rings. The van der Waals surface area contributed by atoms with E-state index in [0.717, 1.165) is 11.0 Å². The molecule has 2 heteroatoms. The molecule has 0 aliphatic heterocycles. The van der Waals surface area contributed by atoms with Crippen molar-refractivity contribution in [2.24, 2.45) is 0 Å². The fourth-order valence-electron chi connectivity index (χ4n) is 1.88. The number of rotatable bonds is 0. The third-order valence-corrected chi connectivity index (χ3v) is 2.51. The molecule has 1 aromatic carbocycles. The van der Waals surface area contributed by atoms with Gasteiger partial charge in [0.05, 0.1) is 17.2 Å². The Balaban J connectivity index is 2.60. The molecule has 0 aliphatic rings. The van der Waals surface area contributed by atoms with E-state index in [1.54, 1.807) is 0 Å². The van der Waals surface area contributed by atoms with E-state index in [9.17, 15) is 0 Å². The SMILES string of the molecule is Cc1cc2c(cnc3ccccc32)[nH]1. The second kappa shape index (κ2) is 2.58. The number of benzene rings is 1. The Hall–Kier alpha value is -1.83. The van der Waals surface area contributed by atoms with Gasteiger partial charge in [0, 0.05) is 16.5 Å². The van der Waals surface area contributed by atoms with E-state index in [2.05, 4.69) is 29.0 Å². The second-order valence-corrected chi connectivity index (χ2v) is 3.56. The minimum Gasteiger partial charge on any atom is -0.357 e. The third-order valence-electron chi connectivity index (χ3n) is 2.51. The number of aromatic amines is 1. The van der Waals surface area contributed by atoms with E-state index in [-0.39, 0.29) is 0 Å². The maximum absolute atomic E-state index is 4.39. The number of hydrogen-bond donors (Lipinski definition) is 1. The van der Waals surface area contributed by atoms with Crippen LogP contribution in [0.4, 0.5) is 0 Å². The zero-order valence-corrected chi connectivity index (χ0v) is 7.91. The van der Waals surface area contributed by atoms with Crippen molar-refractivity contribution in [1.82, 2.24) is 9.97 Å². The number of hydrogen-bond acceptors (Lipinski definition) is 1. The Kier molecular flexibility index (Phi) is 1.39. The van der Waals surface area contributed by atoms with E-state index in [0.29, 0.717) is 0 Å². The Morgan fingerprint density at radius 1 is 1.14 bits per heavy atom. The molecule has 0 fully saturated rings. The van der Waals surface area contributed by atoms with Crippen molar-refractivity contribution in [3.63, 3.8) is 0 Å². The van der Waals surface area contributed by atoms with E-state index >= 15 is 0 Å². The Bertz CT molecular complexity index is 608. The van der Waals surface area contributed by atoms with Crippen molar-refractivity contribution < 1.29 is 0 Å². The minimum atomic E-state index is 1.05. The predicted molar refractivity (Wildman–Crippen MR) is 58.3 cm³/mol. The van der Waals surface area contributed by atoms with Crippen LogP contribution in [0, 0.1) is 6.92 Å². The van der Waals surface area contributed by atoms with Crippen molar-refractivity contribution >= 4 is 21.8 Å². The molecule has 0 saturated carbocycles. The number of aromatic nitrogens is 2.